The van der Waals surface area contributed by atoms with Crippen LogP contribution in [0.15, 0.2) is 0 Å². The molecule has 0 aromatic rings. The van der Waals surface area contributed by atoms with E-state index in [1.54, 1.807) is 0 Å². The van der Waals surface area contributed by atoms with Gasteiger partial charge in [0.2, 0.25) is 0 Å². The molecule has 15 heavy (non-hydrogen) atoms. The summed E-state index contributed by atoms with van der Waals surface area (Å²) in [6, 6.07) is 0. The van der Waals surface area contributed by atoms with Crippen LogP contribution in [0.2, 0.25) is 0 Å². The van der Waals surface area contributed by atoms with E-state index in [1.165, 1.54) is 0 Å². The second-order valence-electron chi connectivity index (χ2n) is 1.64. The predicted octanol–water partition coefficient (Wildman–Crippen LogP) is 2.84. The number of halogens is 1. The molecule has 0 heterocycles. The van der Waals surface area contributed by atoms with Gasteiger partial charge in [0.05, 0.1) is 6.61 Å². The van der Waals surface area contributed by atoms with Gasteiger partial charge in [-0.05, 0) is 6.42 Å². The second-order valence-corrected chi connectivity index (χ2v) is 2.80. The molecule has 0 rings (SSSR count). The smallest absolute Gasteiger partial charge is 0.344 e. The molecule has 9 nitrogen and oxygen atoms in total. The van der Waals surface area contributed by atoms with Crippen molar-refractivity contribution in [3.63, 3.8) is 0 Å². The van der Waals surface area contributed by atoms with Crippen molar-refractivity contribution in [3.8, 4) is 0 Å². The maximum absolute atomic E-state index is 11.6. The molecule has 0 saturated heterocycles. The quantitative estimate of drug-likeness (QED) is 0.288. The van der Waals surface area contributed by atoms with E-state index in [1.807, 2.05) is 6.92 Å². The molecule has 0 aromatic carbocycles. The van der Waals surface area contributed by atoms with Gasteiger partial charge < -0.3 is 36.9 Å². The van der Waals surface area contributed by atoms with E-state index in [4.69, 9.17) is 4.89 Å². The zero-order valence-electron chi connectivity index (χ0n) is 9.45. The molecule has 0 aliphatic carbocycles. The number of unbranched alkanes of at least 4 members (excludes halogenated alkanes) is 1. The lowest BCUT2D eigenvalue weighted by Crippen LogP contribution is -1.87. The zero-order valence-corrected chi connectivity index (χ0v) is 10.3. The van der Waals surface area contributed by atoms with Crippen molar-refractivity contribution in [3.05, 3.63) is 0 Å². The first-order chi connectivity index (χ1) is 4.06. The molecule has 0 spiro atoms. The first kappa shape index (κ1) is 46.2. The predicted molar refractivity (Wildman–Crippen MR) is 61.9 cm³/mol. The minimum atomic E-state index is -4.70. The van der Waals surface area contributed by atoms with Crippen molar-refractivity contribution in [2.24, 2.45) is 0 Å². The Morgan fingerprint density at radius 2 is 1.47 bits per heavy atom. The van der Waals surface area contributed by atoms with Crippen LogP contribution in [0.1, 0.15) is 19.8 Å². The number of hydrogen-bond donors (Lipinski definition) is 7. The van der Waals surface area contributed by atoms with Crippen molar-refractivity contribution in [2.75, 3.05) is 6.61 Å². The molecular weight excluding hydrogens is 230 g/mol. The Morgan fingerprint density at radius 1 is 1.13 bits per heavy atom. The summed E-state index contributed by atoms with van der Waals surface area (Å²) in [5.41, 5.74) is 0. The minimum Gasteiger partial charge on any atom is -0.344 e. The van der Waals surface area contributed by atoms with Gasteiger partial charge in [-0.1, -0.05) is 13.3 Å². The minimum absolute atomic E-state index is 0. The van der Waals surface area contributed by atoms with Gasteiger partial charge in [-0.2, -0.15) is 0 Å². The molecule has 0 saturated carbocycles. The molecule has 0 aliphatic heterocycles. The van der Waals surface area contributed by atoms with Crippen molar-refractivity contribution in [1.29, 1.82) is 0 Å². The largest absolute Gasteiger partial charge is 0.510 e. The van der Waals surface area contributed by atoms with Crippen LogP contribution < -0.4 is 36.9 Å². The van der Waals surface area contributed by atoms with Crippen molar-refractivity contribution < 1.29 is 18.2 Å². The lowest BCUT2D eigenvalue weighted by molar-refractivity contribution is 0.223. The average Bonchev–Trinajstić information content (AvgIpc) is 1.63. The van der Waals surface area contributed by atoms with Gasteiger partial charge in [-0.15, -0.1) is 4.20 Å². The molecule has 1 atom stereocenters. The van der Waals surface area contributed by atoms with Crippen LogP contribution in [0, 0.1) is 0 Å². The molecule has 0 bridgehead atoms. The summed E-state index contributed by atoms with van der Waals surface area (Å²) >= 11 is 0. The summed E-state index contributed by atoms with van der Waals surface area (Å²) in [7, 11) is -4.70. The van der Waals surface area contributed by atoms with Crippen LogP contribution in [0.25, 0.3) is 0 Å². The van der Waals surface area contributed by atoms with Gasteiger partial charge in [0.15, 0.2) is 0 Å². The van der Waals surface area contributed by atoms with Crippen LogP contribution in [-0.2, 0) is 9.09 Å². The van der Waals surface area contributed by atoms with Crippen molar-refractivity contribution in [2.45, 2.75) is 19.8 Å². The molecule has 0 amide bonds. The molecule has 11 heteroatoms. The van der Waals surface area contributed by atoms with Crippen LogP contribution in [0.4, 0.5) is 4.20 Å². The van der Waals surface area contributed by atoms with E-state index < -0.39 is 7.91 Å². The SMILES string of the molecule is CCCCOP(=O)(O)F.N.N.N.N.N.N. The average molecular weight is 258 g/mol. The van der Waals surface area contributed by atoms with Gasteiger partial charge in [-0.25, -0.2) is 4.57 Å². The summed E-state index contributed by atoms with van der Waals surface area (Å²) in [6.45, 7) is 1.89. The van der Waals surface area contributed by atoms with Crippen LogP contribution in [0.5, 0.6) is 0 Å². The maximum atomic E-state index is 11.6. The highest BCUT2D eigenvalue weighted by atomic mass is 31.2. The topological polar surface area (TPSA) is 257 Å². The monoisotopic (exact) mass is 258 g/mol. The van der Waals surface area contributed by atoms with E-state index in [9.17, 15) is 8.76 Å². The second kappa shape index (κ2) is 23.6. The molecule has 1 unspecified atom stereocenters. The molecular formula is C4H28FN6O3P. The summed E-state index contributed by atoms with van der Waals surface area (Å²) in [6.07, 6.45) is 1.43. The van der Waals surface area contributed by atoms with E-state index >= 15 is 0 Å². The maximum Gasteiger partial charge on any atom is 0.510 e. The summed E-state index contributed by atoms with van der Waals surface area (Å²) in [4.78, 5) is 7.91. The zero-order chi connectivity index (χ0) is 7.33. The number of rotatable bonds is 4. The van der Waals surface area contributed by atoms with Crippen molar-refractivity contribution in [1.82, 2.24) is 36.9 Å². The van der Waals surface area contributed by atoms with Gasteiger partial charge >= 0.3 is 7.91 Å². The molecule has 19 N–H and O–H groups in total. The third-order valence-corrected chi connectivity index (χ3v) is 1.25. The molecule has 0 radical (unpaired) electrons. The lowest BCUT2D eigenvalue weighted by Gasteiger charge is -1.99. The first-order valence-corrected chi connectivity index (χ1v) is 4.20. The Labute approximate surface area is 90.3 Å². The molecule has 0 aliphatic rings. The van der Waals surface area contributed by atoms with Gasteiger partial charge in [0.1, 0.15) is 0 Å². The Bertz CT molecular complexity index is 125. The Balaban J connectivity index is -0.0000000213. The molecule has 0 fully saturated rings. The van der Waals surface area contributed by atoms with E-state index in [-0.39, 0.29) is 43.5 Å². The van der Waals surface area contributed by atoms with Gasteiger partial charge in [0.25, 0.3) is 0 Å². The van der Waals surface area contributed by atoms with Crippen LogP contribution in [0.3, 0.4) is 0 Å². The molecule has 0 aromatic heterocycles. The standard InChI is InChI=1S/C4H10FO3P.6H3N/c1-2-3-4-8-9(5,6)7;;;;;;/h2-4H2,1H3,(H,6,7);6*1H3. The summed E-state index contributed by atoms with van der Waals surface area (Å²) in [5.74, 6) is 0. The Hall–Kier alpha value is -0.160. The third-order valence-electron chi connectivity index (χ3n) is 0.748. The highest BCUT2D eigenvalue weighted by Gasteiger charge is 2.15. The fraction of sp³-hybridized carbons (Fsp3) is 1.00. The summed E-state index contributed by atoms with van der Waals surface area (Å²) in [5, 5.41) is 0. The summed E-state index contributed by atoms with van der Waals surface area (Å²) < 4.78 is 25.3. The van der Waals surface area contributed by atoms with E-state index in [0.29, 0.717) is 6.42 Å². The highest BCUT2D eigenvalue weighted by Crippen LogP contribution is 2.43. The third kappa shape index (κ3) is 56.9. The van der Waals surface area contributed by atoms with E-state index in [2.05, 4.69) is 4.52 Å². The highest BCUT2D eigenvalue weighted by molar-refractivity contribution is 7.46. The lowest BCUT2D eigenvalue weighted by atomic mass is 10.4. The Morgan fingerprint density at radius 3 is 1.67 bits per heavy atom. The number of hydrogen-bond acceptors (Lipinski definition) is 8. The van der Waals surface area contributed by atoms with Crippen LogP contribution in [-0.4, -0.2) is 11.5 Å². The van der Waals surface area contributed by atoms with Crippen molar-refractivity contribution >= 4 is 7.91 Å². The molecule has 104 valence electrons. The fourth-order valence-corrected chi connectivity index (χ4v) is 0.676. The first-order valence-electron chi connectivity index (χ1n) is 2.73. The Kier molecular flexibility index (Phi) is 72.7. The van der Waals surface area contributed by atoms with Gasteiger partial charge in [-0.3, -0.25) is 9.42 Å². The van der Waals surface area contributed by atoms with E-state index in [0.717, 1.165) is 6.42 Å². The normalized spacial score (nSPS) is 10.3. The van der Waals surface area contributed by atoms with Gasteiger partial charge in [0, 0.05) is 0 Å². The van der Waals surface area contributed by atoms with Crippen LogP contribution >= 0.6 is 7.91 Å². The fourth-order valence-electron chi connectivity index (χ4n) is 0.321.